The molecule has 1 saturated heterocycles. The van der Waals surface area contributed by atoms with Gasteiger partial charge in [-0.3, -0.25) is 9.69 Å². The lowest BCUT2D eigenvalue weighted by molar-refractivity contribution is -0.122. The number of aromatic amines is 1. The zero-order valence-corrected chi connectivity index (χ0v) is 20.2. The molecular formula is C24H25ClN6O2S. The van der Waals surface area contributed by atoms with Crippen LogP contribution in [0.2, 0.25) is 5.02 Å². The van der Waals surface area contributed by atoms with Crippen molar-refractivity contribution in [1.29, 1.82) is 0 Å². The third kappa shape index (κ3) is 5.01. The number of carbonyl (C=O) groups is 1. The van der Waals surface area contributed by atoms with Gasteiger partial charge in [-0.15, -0.1) is 0 Å². The van der Waals surface area contributed by atoms with Gasteiger partial charge in [-0.05, 0) is 53.1 Å². The lowest BCUT2D eigenvalue weighted by Gasteiger charge is -2.17. The van der Waals surface area contributed by atoms with E-state index in [9.17, 15) is 4.79 Å². The Kier molecular flexibility index (Phi) is 6.66. The quantitative estimate of drug-likeness (QED) is 0.339. The largest absolute Gasteiger partial charge is 0.484 e. The molecule has 5 rings (SSSR count). The van der Waals surface area contributed by atoms with E-state index in [1.165, 1.54) is 5.56 Å². The SMILES string of the molecule is CNC(=O)COc1ccc(-c2nc3ncc(Cl)c(N[C@H]4CCN(Cc5ccsc5)C4)c3[nH]2)cc1. The number of ether oxygens (including phenoxy) is 1. The molecule has 1 fully saturated rings. The number of hydrogen-bond donors (Lipinski definition) is 3. The number of H-pyrrole nitrogens is 1. The van der Waals surface area contributed by atoms with Crippen molar-refractivity contribution in [3.05, 3.63) is 57.9 Å². The number of hydrogen-bond acceptors (Lipinski definition) is 7. The summed E-state index contributed by atoms with van der Waals surface area (Å²) >= 11 is 8.28. The van der Waals surface area contributed by atoms with E-state index in [0.717, 1.165) is 42.8 Å². The van der Waals surface area contributed by atoms with E-state index in [1.54, 1.807) is 24.6 Å². The first-order valence-corrected chi connectivity index (χ1v) is 12.4. The fraction of sp³-hybridized carbons (Fsp3) is 0.292. The Morgan fingerprint density at radius 2 is 2.18 bits per heavy atom. The predicted molar refractivity (Wildman–Crippen MR) is 136 cm³/mol. The number of thiophene rings is 1. The summed E-state index contributed by atoms with van der Waals surface area (Å²) in [5.74, 6) is 1.12. The molecule has 1 aliphatic rings. The van der Waals surface area contributed by atoms with Gasteiger partial charge in [0.1, 0.15) is 17.1 Å². The normalized spacial score (nSPS) is 16.1. The Labute approximate surface area is 206 Å². The summed E-state index contributed by atoms with van der Waals surface area (Å²) in [6, 6.07) is 9.89. The summed E-state index contributed by atoms with van der Waals surface area (Å²) in [4.78, 5) is 26.3. The van der Waals surface area contributed by atoms with Gasteiger partial charge in [0.15, 0.2) is 12.3 Å². The maximum Gasteiger partial charge on any atom is 0.257 e. The lowest BCUT2D eigenvalue weighted by atomic mass is 10.2. The molecule has 0 aliphatic carbocycles. The maximum absolute atomic E-state index is 11.4. The highest BCUT2D eigenvalue weighted by atomic mass is 35.5. The molecule has 1 aliphatic heterocycles. The molecule has 0 spiro atoms. The first-order chi connectivity index (χ1) is 16.6. The molecular weight excluding hydrogens is 472 g/mol. The molecule has 3 N–H and O–H groups in total. The number of anilines is 1. The van der Waals surface area contributed by atoms with Crippen molar-refractivity contribution >= 4 is 45.7 Å². The standard InChI is InChI=1S/C24H25ClN6O2S/c1-26-20(32)13-33-18-4-2-16(3-5-18)23-29-22-21(19(25)10-27-24(22)30-23)28-17-6-8-31(12-17)11-15-7-9-34-14-15/h2-5,7,9-10,14,17H,6,8,11-13H2,1H3,(H,26,32)(H2,27,28,29,30)/t17-/m0/s1. The van der Waals surface area contributed by atoms with Crippen LogP contribution in [0.15, 0.2) is 47.3 Å². The number of nitrogens with zero attached hydrogens (tertiary/aromatic N) is 3. The average Bonchev–Trinajstić information content (AvgIpc) is 3.61. The molecule has 0 saturated carbocycles. The highest BCUT2D eigenvalue weighted by Crippen LogP contribution is 2.32. The van der Waals surface area contributed by atoms with E-state index in [2.05, 4.69) is 47.3 Å². The molecule has 10 heteroatoms. The highest BCUT2D eigenvalue weighted by Gasteiger charge is 2.24. The van der Waals surface area contributed by atoms with Crippen LogP contribution in [0.1, 0.15) is 12.0 Å². The molecule has 176 valence electrons. The van der Waals surface area contributed by atoms with Crippen LogP contribution < -0.4 is 15.4 Å². The van der Waals surface area contributed by atoms with Crippen LogP contribution in [0, 0.1) is 0 Å². The van der Waals surface area contributed by atoms with Crippen LogP contribution in [0.5, 0.6) is 5.75 Å². The third-order valence-corrected chi connectivity index (χ3v) is 6.88. The molecule has 0 unspecified atom stereocenters. The van der Waals surface area contributed by atoms with Crippen LogP contribution in [-0.4, -0.2) is 58.5 Å². The van der Waals surface area contributed by atoms with Gasteiger partial charge >= 0.3 is 0 Å². The van der Waals surface area contributed by atoms with Crippen LogP contribution in [0.3, 0.4) is 0 Å². The Morgan fingerprint density at radius 3 is 2.94 bits per heavy atom. The predicted octanol–water partition coefficient (Wildman–Crippen LogP) is 4.15. The van der Waals surface area contributed by atoms with Crippen LogP contribution >= 0.6 is 22.9 Å². The number of benzene rings is 1. The maximum atomic E-state index is 11.4. The van der Waals surface area contributed by atoms with Crippen molar-refractivity contribution in [2.24, 2.45) is 0 Å². The second-order valence-electron chi connectivity index (χ2n) is 8.25. The fourth-order valence-electron chi connectivity index (χ4n) is 4.08. The Hall–Kier alpha value is -3.14. The molecule has 4 heterocycles. The zero-order valence-electron chi connectivity index (χ0n) is 18.7. The van der Waals surface area contributed by atoms with Crippen molar-refractivity contribution in [3.8, 4) is 17.1 Å². The fourth-order valence-corrected chi connectivity index (χ4v) is 4.94. The number of pyridine rings is 1. The molecule has 1 amide bonds. The molecule has 34 heavy (non-hydrogen) atoms. The van der Waals surface area contributed by atoms with Gasteiger partial charge in [0.2, 0.25) is 0 Å². The third-order valence-electron chi connectivity index (χ3n) is 5.86. The second-order valence-corrected chi connectivity index (χ2v) is 9.44. The van der Waals surface area contributed by atoms with E-state index >= 15 is 0 Å². The number of likely N-dealkylation sites (N-methyl/N-ethyl adjacent to an activating group) is 1. The Bertz CT molecular complexity index is 1270. The first kappa shape index (κ1) is 22.6. The second kappa shape index (κ2) is 10.0. The minimum Gasteiger partial charge on any atom is -0.484 e. The summed E-state index contributed by atoms with van der Waals surface area (Å²) in [6.07, 6.45) is 2.69. The van der Waals surface area contributed by atoms with Crippen molar-refractivity contribution in [2.75, 3.05) is 32.1 Å². The van der Waals surface area contributed by atoms with Gasteiger partial charge in [0, 0.05) is 38.3 Å². The van der Waals surface area contributed by atoms with Gasteiger partial charge in [-0.25, -0.2) is 9.97 Å². The van der Waals surface area contributed by atoms with E-state index in [1.807, 2.05) is 24.3 Å². The summed E-state index contributed by atoms with van der Waals surface area (Å²) in [5, 5.41) is 11.1. The van der Waals surface area contributed by atoms with E-state index in [0.29, 0.717) is 28.3 Å². The summed E-state index contributed by atoms with van der Waals surface area (Å²) in [6.45, 7) is 2.94. The molecule has 0 radical (unpaired) electrons. The van der Waals surface area contributed by atoms with E-state index < -0.39 is 0 Å². The highest BCUT2D eigenvalue weighted by molar-refractivity contribution is 7.07. The van der Waals surface area contributed by atoms with Gasteiger partial charge in [0.05, 0.1) is 16.9 Å². The van der Waals surface area contributed by atoms with Crippen LogP contribution in [0.25, 0.3) is 22.6 Å². The average molecular weight is 497 g/mol. The zero-order chi connectivity index (χ0) is 23.5. The number of halogens is 1. The summed E-state index contributed by atoms with van der Waals surface area (Å²) in [7, 11) is 1.58. The topological polar surface area (TPSA) is 95.2 Å². The number of nitrogens with one attached hydrogen (secondary N) is 3. The molecule has 3 aromatic heterocycles. The number of aromatic nitrogens is 3. The number of amides is 1. The van der Waals surface area contributed by atoms with Gasteiger partial charge in [-0.1, -0.05) is 11.6 Å². The Balaban J connectivity index is 1.31. The smallest absolute Gasteiger partial charge is 0.257 e. The van der Waals surface area contributed by atoms with E-state index in [4.69, 9.17) is 16.3 Å². The molecule has 0 bridgehead atoms. The number of likely N-dealkylation sites (tertiary alicyclic amines) is 1. The van der Waals surface area contributed by atoms with Gasteiger partial charge in [0.25, 0.3) is 5.91 Å². The van der Waals surface area contributed by atoms with Gasteiger partial charge in [-0.2, -0.15) is 11.3 Å². The monoisotopic (exact) mass is 496 g/mol. The molecule has 8 nitrogen and oxygen atoms in total. The number of fused-ring (bicyclic) bond motifs is 1. The number of carbonyl (C=O) groups excluding carboxylic acids is 1. The minimum atomic E-state index is -0.179. The minimum absolute atomic E-state index is 0.0240. The Morgan fingerprint density at radius 1 is 1.32 bits per heavy atom. The van der Waals surface area contributed by atoms with Crippen molar-refractivity contribution in [1.82, 2.24) is 25.2 Å². The summed E-state index contributed by atoms with van der Waals surface area (Å²) < 4.78 is 5.47. The first-order valence-electron chi connectivity index (χ1n) is 11.1. The number of imidazole rings is 1. The number of rotatable bonds is 8. The van der Waals surface area contributed by atoms with Crippen LogP contribution in [-0.2, 0) is 11.3 Å². The van der Waals surface area contributed by atoms with Crippen molar-refractivity contribution < 1.29 is 9.53 Å². The lowest BCUT2D eigenvalue weighted by Crippen LogP contribution is -2.26. The van der Waals surface area contributed by atoms with Gasteiger partial charge < -0.3 is 20.4 Å². The molecule has 1 atom stereocenters. The van der Waals surface area contributed by atoms with E-state index in [-0.39, 0.29) is 12.5 Å². The summed E-state index contributed by atoms with van der Waals surface area (Å²) in [5.41, 5.74) is 4.47. The van der Waals surface area contributed by atoms with Crippen molar-refractivity contribution in [2.45, 2.75) is 19.0 Å². The molecule has 1 aromatic carbocycles. The molecule has 4 aromatic rings. The van der Waals surface area contributed by atoms with Crippen molar-refractivity contribution in [3.63, 3.8) is 0 Å². The van der Waals surface area contributed by atoms with Crippen LogP contribution in [0.4, 0.5) is 5.69 Å².